The molecule has 0 aliphatic carbocycles. The number of aliphatic hydroxyl groups is 1. The van der Waals surface area contributed by atoms with E-state index < -0.39 is 0 Å². The second-order valence-corrected chi connectivity index (χ2v) is 5.31. The van der Waals surface area contributed by atoms with Crippen molar-refractivity contribution in [2.75, 3.05) is 44.7 Å². The van der Waals surface area contributed by atoms with Crippen LogP contribution in [0, 0.1) is 0 Å². The first kappa shape index (κ1) is 15.6. The first-order valence-electron chi connectivity index (χ1n) is 6.69. The van der Waals surface area contributed by atoms with Gasteiger partial charge >= 0.3 is 6.03 Å². The number of nitrogens with zero attached hydrogens (tertiary/aromatic N) is 3. The lowest BCUT2D eigenvalue weighted by Crippen LogP contribution is -2.41. The molecule has 1 aromatic rings. The molecule has 1 fully saturated rings. The number of likely N-dealkylation sites (N-methyl/N-ethyl adjacent to an activating group) is 1. The predicted molar refractivity (Wildman–Crippen MR) is 80.5 cm³/mol. The second-order valence-electron chi connectivity index (χ2n) is 4.87. The number of amides is 3. The van der Waals surface area contributed by atoms with Gasteiger partial charge in [0.15, 0.2) is 0 Å². The second kappa shape index (κ2) is 6.78. The van der Waals surface area contributed by atoms with Crippen molar-refractivity contribution in [3.8, 4) is 0 Å². The molecule has 0 atom stereocenters. The minimum absolute atomic E-state index is 0.0202. The Morgan fingerprint density at radius 2 is 2.19 bits per heavy atom. The summed E-state index contributed by atoms with van der Waals surface area (Å²) >= 11 is 5.93. The van der Waals surface area contributed by atoms with Crippen LogP contribution in [0.25, 0.3) is 0 Å². The Labute approximate surface area is 128 Å². The molecule has 1 aromatic carbocycles. The van der Waals surface area contributed by atoms with E-state index in [9.17, 15) is 9.59 Å². The minimum Gasteiger partial charge on any atom is -0.395 e. The van der Waals surface area contributed by atoms with Crippen molar-refractivity contribution >= 4 is 29.2 Å². The normalized spacial score (nSPS) is 14.7. The number of halogens is 1. The molecular formula is C14H18ClN3O3. The Bertz CT molecular complexity index is 538. The fraction of sp³-hybridized carbons (Fsp3) is 0.429. The van der Waals surface area contributed by atoms with Crippen LogP contribution in [0.5, 0.6) is 0 Å². The Morgan fingerprint density at radius 3 is 2.86 bits per heavy atom. The van der Waals surface area contributed by atoms with Gasteiger partial charge in [0.1, 0.15) is 6.54 Å². The summed E-state index contributed by atoms with van der Waals surface area (Å²) in [6.07, 6.45) is 0. The third-order valence-corrected chi connectivity index (χ3v) is 3.64. The maximum atomic E-state index is 12.3. The maximum absolute atomic E-state index is 12.3. The van der Waals surface area contributed by atoms with Gasteiger partial charge in [-0.15, -0.1) is 0 Å². The molecule has 0 bridgehead atoms. The van der Waals surface area contributed by atoms with E-state index in [-0.39, 0.29) is 31.6 Å². The molecule has 1 heterocycles. The van der Waals surface area contributed by atoms with Crippen LogP contribution in [0.15, 0.2) is 24.3 Å². The van der Waals surface area contributed by atoms with Crippen molar-refractivity contribution in [2.45, 2.75) is 0 Å². The van der Waals surface area contributed by atoms with Gasteiger partial charge in [0, 0.05) is 37.4 Å². The third-order valence-electron chi connectivity index (χ3n) is 3.40. The van der Waals surface area contributed by atoms with Crippen LogP contribution in [-0.4, -0.2) is 66.7 Å². The number of carbonyl (C=O) groups excluding carboxylic acids is 2. The largest absolute Gasteiger partial charge is 0.395 e. The first-order valence-corrected chi connectivity index (χ1v) is 7.07. The first-order chi connectivity index (χ1) is 10.0. The van der Waals surface area contributed by atoms with E-state index in [1.165, 1.54) is 9.80 Å². The summed E-state index contributed by atoms with van der Waals surface area (Å²) in [6.45, 7) is 1.20. The summed E-state index contributed by atoms with van der Waals surface area (Å²) in [4.78, 5) is 28.7. The Hall–Kier alpha value is -1.79. The number of rotatable bonds is 5. The van der Waals surface area contributed by atoms with E-state index in [1.807, 2.05) is 6.07 Å². The molecule has 0 aromatic heterocycles. The summed E-state index contributed by atoms with van der Waals surface area (Å²) in [7, 11) is 1.60. The van der Waals surface area contributed by atoms with Crippen molar-refractivity contribution in [1.82, 2.24) is 9.80 Å². The van der Waals surface area contributed by atoms with Crippen molar-refractivity contribution in [1.29, 1.82) is 0 Å². The zero-order valence-electron chi connectivity index (χ0n) is 11.8. The third kappa shape index (κ3) is 3.65. The molecule has 6 nitrogen and oxygen atoms in total. The molecule has 1 saturated heterocycles. The van der Waals surface area contributed by atoms with Gasteiger partial charge in [0.2, 0.25) is 5.91 Å². The van der Waals surface area contributed by atoms with Crippen molar-refractivity contribution in [3.05, 3.63) is 29.3 Å². The van der Waals surface area contributed by atoms with Crippen molar-refractivity contribution in [2.24, 2.45) is 0 Å². The summed E-state index contributed by atoms with van der Waals surface area (Å²) in [5, 5.41) is 9.39. The fourth-order valence-corrected chi connectivity index (χ4v) is 2.36. The minimum atomic E-state index is -0.206. The maximum Gasteiger partial charge on any atom is 0.325 e. The highest BCUT2D eigenvalue weighted by Gasteiger charge is 2.31. The van der Waals surface area contributed by atoms with E-state index in [0.29, 0.717) is 18.1 Å². The average molecular weight is 312 g/mol. The highest BCUT2D eigenvalue weighted by Crippen LogP contribution is 2.23. The molecule has 21 heavy (non-hydrogen) atoms. The number of hydrogen-bond donors (Lipinski definition) is 1. The Morgan fingerprint density at radius 1 is 1.43 bits per heavy atom. The zero-order chi connectivity index (χ0) is 15.4. The van der Waals surface area contributed by atoms with Crippen LogP contribution >= 0.6 is 11.6 Å². The lowest BCUT2D eigenvalue weighted by molar-refractivity contribution is -0.130. The SMILES string of the molecule is CN(CCO)C(=O)CN1CCN(c2cccc(Cl)c2)C1=O. The highest BCUT2D eigenvalue weighted by atomic mass is 35.5. The van der Waals surface area contributed by atoms with Gasteiger partial charge in [-0.2, -0.15) is 0 Å². The number of urea groups is 1. The Kier molecular flexibility index (Phi) is 5.03. The topological polar surface area (TPSA) is 64.1 Å². The number of benzene rings is 1. The van der Waals surface area contributed by atoms with Crippen LogP contribution in [0.4, 0.5) is 10.5 Å². The van der Waals surface area contributed by atoms with Gasteiger partial charge in [-0.05, 0) is 18.2 Å². The molecule has 1 N–H and O–H groups in total. The number of anilines is 1. The van der Waals surface area contributed by atoms with Crippen LogP contribution in [0.2, 0.25) is 5.02 Å². The van der Waals surface area contributed by atoms with Crippen molar-refractivity contribution < 1.29 is 14.7 Å². The van der Waals surface area contributed by atoms with Gasteiger partial charge in [-0.1, -0.05) is 17.7 Å². The molecule has 2 rings (SSSR count). The van der Waals surface area contributed by atoms with E-state index in [2.05, 4.69) is 0 Å². The van der Waals surface area contributed by atoms with E-state index in [0.717, 1.165) is 5.69 Å². The van der Waals surface area contributed by atoms with Gasteiger partial charge in [-0.3, -0.25) is 9.69 Å². The molecule has 0 spiro atoms. The lowest BCUT2D eigenvalue weighted by Gasteiger charge is -2.21. The Balaban J connectivity index is 2.00. The summed E-state index contributed by atoms with van der Waals surface area (Å²) in [5.41, 5.74) is 0.728. The van der Waals surface area contributed by atoms with Gasteiger partial charge in [-0.25, -0.2) is 4.79 Å². The molecule has 1 aliphatic rings. The summed E-state index contributed by atoms with van der Waals surface area (Å²) < 4.78 is 0. The summed E-state index contributed by atoms with van der Waals surface area (Å²) in [6, 6.07) is 6.86. The monoisotopic (exact) mass is 311 g/mol. The molecular weight excluding hydrogens is 294 g/mol. The highest BCUT2D eigenvalue weighted by molar-refractivity contribution is 6.30. The molecule has 0 saturated carbocycles. The average Bonchev–Trinajstić information content (AvgIpc) is 2.80. The van der Waals surface area contributed by atoms with Gasteiger partial charge in [0.25, 0.3) is 0 Å². The van der Waals surface area contributed by atoms with Crippen LogP contribution in [-0.2, 0) is 4.79 Å². The van der Waals surface area contributed by atoms with Gasteiger partial charge in [0.05, 0.1) is 6.61 Å². The van der Waals surface area contributed by atoms with Crippen molar-refractivity contribution in [3.63, 3.8) is 0 Å². The zero-order valence-corrected chi connectivity index (χ0v) is 12.6. The van der Waals surface area contributed by atoms with E-state index in [1.54, 1.807) is 30.1 Å². The predicted octanol–water partition coefficient (Wildman–Crippen LogP) is 1.03. The van der Waals surface area contributed by atoms with E-state index in [4.69, 9.17) is 16.7 Å². The smallest absolute Gasteiger partial charge is 0.325 e. The standard InChI is InChI=1S/C14H18ClN3O3/c1-16(7-8-19)13(20)10-17-5-6-18(14(17)21)12-4-2-3-11(15)9-12/h2-4,9,19H,5-8,10H2,1H3. The number of carbonyl (C=O) groups is 2. The molecule has 7 heteroatoms. The molecule has 114 valence electrons. The molecule has 3 amide bonds. The molecule has 0 unspecified atom stereocenters. The molecule has 0 radical (unpaired) electrons. The van der Waals surface area contributed by atoms with E-state index >= 15 is 0 Å². The molecule has 1 aliphatic heterocycles. The quantitative estimate of drug-likeness (QED) is 0.883. The van der Waals surface area contributed by atoms with Crippen LogP contribution < -0.4 is 4.90 Å². The van der Waals surface area contributed by atoms with Gasteiger partial charge < -0.3 is 14.9 Å². The number of hydrogen-bond acceptors (Lipinski definition) is 3. The van der Waals surface area contributed by atoms with Crippen LogP contribution in [0.3, 0.4) is 0 Å². The summed E-state index contributed by atoms with van der Waals surface area (Å²) in [5.74, 6) is -0.189. The fourth-order valence-electron chi connectivity index (χ4n) is 2.17. The van der Waals surface area contributed by atoms with Crippen LogP contribution in [0.1, 0.15) is 0 Å². The lowest BCUT2D eigenvalue weighted by atomic mass is 10.3. The number of aliphatic hydroxyl groups excluding tert-OH is 1.